The third-order valence-corrected chi connectivity index (χ3v) is 8.39. The number of hydrogen-bond acceptors (Lipinski definition) is 9. The molecule has 4 amide bonds. The zero-order valence-corrected chi connectivity index (χ0v) is 26.7. The van der Waals surface area contributed by atoms with Crippen LogP contribution in [0.2, 0.25) is 0 Å². The second-order valence-corrected chi connectivity index (χ2v) is 12.4. The third kappa shape index (κ3) is 8.87. The van der Waals surface area contributed by atoms with Gasteiger partial charge in [0.15, 0.2) is 5.69 Å². The molecule has 1 aromatic carbocycles. The molecule has 0 spiro atoms. The lowest BCUT2D eigenvalue weighted by Crippen LogP contribution is -2.45. The number of amides is 4. The zero-order valence-electron chi connectivity index (χ0n) is 25.8. The van der Waals surface area contributed by atoms with E-state index in [1.54, 1.807) is 16.3 Å². The Labute approximate surface area is 270 Å². The van der Waals surface area contributed by atoms with E-state index in [0.29, 0.717) is 30.8 Å². The molecule has 1 aliphatic rings. The minimum atomic E-state index is -0.709. The fourth-order valence-electron chi connectivity index (χ4n) is 5.16. The first-order valence-electron chi connectivity index (χ1n) is 15.3. The van der Waals surface area contributed by atoms with Crippen molar-refractivity contribution >= 4 is 35.0 Å². The van der Waals surface area contributed by atoms with Crippen LogP contribution in [0.3, 0.4) is 0 Å². The Morgan fingerprint density at radius 2 is 1.87 bits per heavy atom. The monoisotopic (exact) mass is 646 g/mol. The van der Waals surface area contributed by atoms with E-state index >= 15 is 0 Å². The molecule has 0 saturated carbocycles. The molecular formula is C32H38N8O5S. The van der Waals surface area contributed by atoms with Gasteiger partial charge in [-0.05, 0) is 30.4 Å². The van der Waals surface area contributed by atoms with E-state index in [4.69, 9.17) is 4.42 Å². The van der Waals surface area contributed by atoms with Gasteiger partial charge in [0.1, 0.15) is 23.0 Å². The van der Waals surface area contributed by atoms with Crippen molar-refractivity contribution in [3.8, 4) is 0 Å². The smallest absolute Gasteiger partial charge is 0.273 e. The van der Waals surface area contributed by atoms with E-state index in [1.165, 1.54) is 22.5 Å². The lowest BCUT2D eigenvalue weighted by molar-refractivity contribution is -0.136. The summed E-state index contributed by atoms with van der Waals surface area (Å²) < 4.78 is 7.51. The topological polar surface area (TPSA) is 164 Å². The molecule has 3 aromatic heterocycles. The molecule has 242 valence electrons. The summed E-state index contributed by atoms with van der Waals surface area (Å²) in [4.78, 5) is 63.6. The highest BCUT2D eigenvalue weighted by molar-refractivity contribution is 7.09. The minimum absolute atomic E-state index is 0.0562. The number of benzene rings is 1. The number of carbonyl (C=O) groups excluding carboxylic acids is 4. The van der Waals surface area contributed by atoms with Crippen molar-refractivity contribution in [2.24, 2.45) is 5.92 Å². The summed E-state index contributed by atoms with van der Waals surface area (Å²) in [5.41, 5.74) is 1.19. The highest BCUT2D eigenvalue weighted by atomic mass is 32.1. The molecule has 0 saturated heterocycles. The van der Waals surface area contributed by atoms with Crippen LogP contribution in [0.1, 0.15) is 82.6 Å². The lowest BCUT2D eigenvalue weighted by Gasteiger charge is -2.24. The van der Waals surface area contributed by atoms with Crippen molar-refractivity contribution in [3.05, 3.63) is 88.3 Å². The first kappa shape index (κ1) is 32.5. The Hall–Kier alpha value is -4.85. The third-order valence-electron chi connectivity index (χ3n) is 7.43. The highest BCUT2D eigenvalue weighted by Gasteiger charge is 2.27. The van der Waals surface area contributed by atoms with E-state index in [9.17, 15) is 19.2 Å². The Morgan fingerprint density at radius 3 is 2.63 bits per heavy atom. The van der Waals surface area contributed by atoms with Gasteiger partial charge in [-0.1, -0.05) is 44.2 Å². The maximum Gasteiger partial charge on any atom is 0.273 e. The van der Waals surface area contributed by atoms with E-state index in [0.717, 1.165) is 5.56 Å². The Balaban J connectivity index is 1.41. The molecule has 4 aromatic rings. The molecule has 1 aliphatic heterocycles. The predicted octanol–water partition coefficient (Wildman–Crippen LogP) is 3.30. The number of carbonyl (C=O) groups is 4. The summed E-state index contributed by atoms with van der Waals surface area (Å²) in [5, 5.41) is 15.2. The van der Waals surface area contributed by atoms with Crippen molar-refractivity contribution < 1.29 is 23.6 Å². The summed E-state index contributed by atoms with van der Waals surface area (Å²) in [6.45, 7) is 4.62. The molecule has 5 rings (SSSR count). The van der Waals surface area contributed by atoms with Crippen molar-refractivity contribution in [3.63, 3.8) is 0 Å². The van der Waals surface area contributed by atoms with Gasteiger partial charge in [0.25, 0.3) is 11.8 Å². The quantitative estimate of drug-likeness (QED) is 0.263. The van der Waals surface area contributed by atoms with Crippen LogP contribution in [0.4, 0.5) is 0 Å². The maximum absolute atomic E-state index is 13.5. The van der Waals surface area contributed by atoms with E-state index < -0.39 is 29.8 Å². The molecule has 4 heterocycles. The predicted molar refractivity (Wildman–Crippen MR) is 170 cm³/mol. The summed E-state index contributed by atoms with van der Waals surface area (Å²) in [6, 6.07) is 10.2. The van der Waals surface area contributed by atoms with E-state index in [1.807, 2.05) is 56.4 Å². The largest absolute Gasteiger partial charge is 0.446 e. The first-order valence-corrected chi connectivity index (χ1v) is 16.2. The average Bonchev–Trinajstić information content (AvgIpc) is 3.82. The summed E-state index contributed by atoms with van der Waals surface area (Å²) in [6.07, 6.45) is 6.43. The van der Waals surface area contributed by atoms with Crippen LogP contribution < -0.4 is 16.0 Å². The van der Waals surface area contributed by atoms with Crippen LogP contribution >= 0.6 is 11.3 Å². The number of fused-ring (bicyclic) bond motifs is 4. The van der Waals surface area contributed by atoms with Gasteiger partial charge in [-0.25, -0.2) is 9.97 Å². The number of aryl methyl sites for hydroxylation is 1. The highest BCUT2D eigenvalue weighted by Crippen LogP contribution is 2.26. The van der Waals surface area contributed by atoms with Gasteiger partial charge in [-0.15, -0.1) is 11.3 Å². The van der Waals surface area contributed by atoms with Gasteiger partial charge in [-0.3, -0.25) is 23.9 Å². The van der Waals surface area contributed by atoms with Crippen molar-refractivity contribution in [2.75, 3.05) is 19.6 Å². The first-order chi connectivity index (χ1) is 22.2. The second-order valence-electron chi connectivity index (χ2n) is 11.6. The standard InChI is InChI=1S/C32H38N8O5S/c1-21(2)16-24-32-38-26(20-46-32)29(43)33-12-15-39(28(42)10-6-13-40-14-7-11-34-40)18-27(41)35-23(17-22-8-4-3-5-9-22)31-37-25(19-45-31)30(44)36-24/h3-5,7-9,11,14,19-21,23-24H,6,10,12-13,15-18H2,1-2H3,(H,33,43)(H,35,41)(H,36,44)/t23-,24-/m0/s1. The van der Waals surface area contributed by atoms with Crippen LogP contribution in [-0.2, 0) is 22.6 Å². The Morgan fingerprint density at radius 1 is 1.04 bits per heavy atom. The number of thiazole rings is 1. The molecule has 14 heteroatoms. The number of rotatable bonds is 8. The van der Waals surface area contributed by atoms with Crippen LogP contribution in [-0.4, -0.2) is 67.9 Å². The van der Waals surface area contributed by atoms with Gasteiger partial charge in [0.05, 0.1) is 12.6 Å². The van der Waals surface area contributed by atoms with Gasteiger partial charge in [0, 0.05) is 50.2 Å². The molecule has 13 nitrogen and oxygen atoms in total. The minimum Gasteiger partial charge on any atom is -0.446 e. The van der Waals surface area contributed by atoms with Crippen molar-refractivity contribution in [1.29, 1.82) is 0 Å². The van der Waals surface area contributed by atoms with Gasteiger partial charge in [-0.2, -0.15) is 5.10 Å². The molecule has 0 fully saturated rings. The van der Waals surface area contributed by atoms with E-state index in [2.05, 4.69) is 31.0 Å². The van der Waals surface area contributed by atoms with Gasteiger partial charge < -0.3 is 25.3 Å². The van der Waals surface area contributed by atoms with Gasteiger partial charge >= 0.3 is 0 Å². The van der Waals surface area contributed by atoms with Crippen molar-refractivity contribution in [1.82, 2.24) is 40.6 Å². The number of nitrogens with zero attached hydrogens (tertiary/aromatic N) is 5. The zero-order chi connectivity index (χ0) is 32.5. The number of nitrogens with one attached hydrogen (secondary N) is 3. The van der Waals surface area contributed by atoms with Crippen LogP contribution in [0.5, 0.6) is 0 Å². The SMILES string of the molecule is CC(C)C[C@@H]1NC(=O)c2coc(n2)[C@H](Cc2ccccc2)NC(=O)CN(C(=O)CCCn2cccn2)CCNC(=O)c2csc1n2. The normalized spacial score (nSPS) is 18.0. The Bertz CT molecular complexity index is 1620. The van der Waals surface area contributed by atoms with E-state index in [-0.39, 0.29) is 55.2 Å². The average molecular weight is 647 g/mol. The van der Waals surface area contributed by atoms with Crippen molar-refractivity contribution in [2.45, 2.75) is 58.2 Å². The molecule has 3 N–H and O–H groups in total. The fourth-order valence-corrected chi connectivity index (χ4v) is 6.02. The molecular weight excluding hydrogens is 608 g/mol. The molecule has 4 bridgehead atoms. The summed E-state index contributed by atoms with van der Waals surface area (Å²) in [5.74, 6) is -1.12. The van der Waals surface area contributed by atoms with Crippen LogP contribution in [0, 0.1) is 5.92 Å². The molecule has 0 radical (unpaired) electrons. The van der Waals surface area contributed by atoms with Crippen LogP contribution in [0.25, 0.3) is 0 Å². The van der Waals surface area contributed by atoms with Crippen LogP contribution in [0.15, 0.2) is 64.9 Å². The maximum atomic E-state index is 13.5. The summed E-state index contributed by atoms with van der Waals surface area (Å²) >= 11 is 1.29. The Kier molecular flexibility index (Phi) is 10.9. The number of oxazole rings is 1. The molecule has 46 heavy (non-hydrogen) atoms. The molecule has 2 atom stereocenters. The lowest BCUT2D eigenvalue weighted by atomic mass is 10.0. The molecule has 0 unspecified atom stereocenters. The molecule has 0 aliphatic carbocycles. The number of aromatic nitrogens is 4. The van der Waals surface area contributed by atoms with Gasteiger partial charge in [0.2, 0.25) is 17.7 Å². The second kappa shape index (κ2) is 15.4. The number of hydrogen-bond donors (Lipinski definition) is 3. The summed E-state index contributed by atoms with van der Waals surface area (Å²) in [7, 11) is 0. The fraction of sp³-hybridized carbons (Fsp3) is 0.406.